The van der Waals surface area contributed by atoms with Gasteiger partial charge in [0, 0.05) is 17.0 Å². The smallest absolute Gasteiger partial charge is 0.138 e. The number of hydrogen-bond donors (Lipinski definition) is 0. The molecule has 2 unspecified atom stereocenters. The Hall–Kier alpha value is -1.86. The molecule has 0 saturated heterocycles. The fourth-order valence-electron chi connectivity index (χ4n) is 4.97. The molecule has 23 heavy (non-hydrogen) atoms. The standard InChI is InChI=1S/C22H22O/c1-15-14-22(23-21-13-7-4-8-16(15)21)19-11-5-2-9-17(19)18-10-3-6-12-20(18)22/h2-3,5-6,9-12,14,16,21H,4,7-8,13H2,1H3. The normalized spacial score (nSPS) is 27.1. The molecule has 1 spiro atoms. The molecule has 2 aromatic rings. The Labute approximate surface area is 138 Å². The first-order chi connectivity index (χ1) is 11.3. The zero-order chi connectivity index (χ0) is 15.4. The van der Waals surface area contributed by atoms with Crippen LogP contribution in [0.1, 0.15) is 43.7 Å². The second-order valence-electron chi connectivity index (χ2n) is 7.26. The van der Waals surface area contributed by atoms with Gasteiger partial charge in [-0.1, -0.05) is 66.9 Å². The minimum Gasteiger partial charge on any atom is -0.358 e. The highest BCUT2D eigenvalue weighted by atomic mass is 16.5. The molecule has 1 heterocycles. The molecule has 2 atom stereocenters. The van der Waals surface area contributed by atoms with Crippen molar-refractivity contribution in [3.05, 3.63) is 71.3 Å². The van der Waals surface area contributed by atoms with E-state index < -0.39 is 0 Å². The summed E-state index contributed by atoms with van der Waals surface area (Å²) in [6.45, 7) is 2.32. The number of hydrogen-bond acceptors (Lipinski definition) is 1. The third-order valence-electron chi connectivity index (χ3n) is 6.00. The second kappa shape index (κ2) is 4.82. The summed E-state index contributed by atoms with van der Waals surface area (Å²) >= 11 is 0. The van der Waals surface area contributed by atoms with Gasteiger partial charge in [-0.15, -0.1) is 0 Å². The molecule has 2 aliphatic carbocycles. The highest BCUT2D eigenvalue weighted by Crippen LogP contribution is 2.55. The molecule has 0 N–H and O–H groups in total. The van der Waals surface area contributed by atoms with E-state index in [0.29, 0.717) is 12.0 Å². The summed E-state index contributed by atoms with van der Waals surface area (Å²) in [5, 5.41) is 0. The lowest BCUT2D eigenvalue weighted by Crippen LogP contribution is -2.42. The van der Waals surface area contributed by atoms with Gasteiger partial charge in [0.05, 0.1) is 6.10 Å². The third kappa shape index (κ3) is 1.77. The number of benzene rings is 2. The van der Waals surface area contributed by atoms with E-state index in [1.54, 1.807) is 0 Å². The highest BCUT2D eigenvalue weighted by Gasteiger charge is 2.48. The van der Waals surface area contributed by atoms with E-state index in [9.17, 15) is 0 Å². The Balaban J connectivity index is 1.77. The van der Waals surface area contributed by atoms with Gasteiger partial charge < -0.3 is 4.74 Å². The van der Waals surface area contributed by atoms with Crippen LogP contribution in [0.4, 0.5) is 0 Å². The SMILES string of the molecule is CC1=CC2(OC3CCCCC13)c1ccccc1-c1ccccc12. The van der Waals surface area contributed by atoms with E-state index in [-0.39, 0.29) is 5.60 Å². The Kier molecular flexibility index (Phi) is 2.84. The highest BCUT2D eigenvalue weighted by molar-refractivity contribution is 5.81. The summed E-state index contributed by atoms with van der Waals surface area (Å²) in [5.74, 6) is 0.620. The van der Waals surface area contributed by atoms with Gasteiger partial charge in [-0.2, -0.15) is 0 Å². The Morgan fingerprint density at radius 2 is 1.48 bits per heavy atom. The predicted octanol–water partition coefficient (Wildman–Crippen LogP) is 5.45. The molecule has 0 radical (unpaired) electrons. The van der Waals surface area contributed by atoms with Crippen LogP contribution in [0.15, 0.2) is 60.2 Å². The Morgan fingerprint density at radius 1 is 0.870 bits per heavy atom. The summed E-state index contributed by atoms with van der Waals surface area (Å²) in [4.78, 5) is 0. The predicted molar refractivity (Wildman–Crippen MR) is 93.2 cm³/mol. The van der Waals surface area contributed by atoms with Crippen molar-refractivity contribution in [2.24, 2.45) is 5.92 Å². The van der Waals surface area contributed by atoms with Gasteiger partial charge in [-0.05, 0) is 37.0 Å². The molecule has 1 heteroatoms. The average molecular weight is 302 g/mol. The lowest BCUT2D eigenvalue weighted by molar-refractivity contribution is -0.0881. The number of ether oxygens (including phenoxy) is 1. The van der Waals surface area contributed by atoms with Crippen LogP contribution in [0, 0.1) is 5.92 Å². The van der Waals surface area contributed by atoms with Gasteiger partial charge in [-0.25, -0.2) is 0 Å². The van der Waals surface area contributed by atoms with Crippen molar-refractivity contribution in [1.82, 2.24) is 0 Å². The lowest BCUT2D eigenvalue weighted by atomic mass is 9.75. The van der Waals surface area contributed by atoms with Crippen molar-refractivity contribution in [3.8, 4) is 11.1 Å². The van der Waals surface area contributed by atoms with Gasteiger partial charge in [0.15, 0.2) is 0 Å². The molecule has 0 bridgehead atoms. The van der Waals surface area contributed by atoms with Gasteiger partial charge in [-0.3, -0.25) is 0 Å². The van der Waals surface area contributed by atoms with E-state index in [4.69, 9.17) is 4.74 Å². The molecular formula is C22H22O. The monoisotopic (exact) mass is 302 g/mol. The van der Waals surface area contributed by atoms with Crippen LogP contribution in [0.2, 0.25) is 0 Å². The minimum atomic E-state index is -0.365. The fourth-order valence-corrected chi connectivity index (χ4v) is 4.97. The van der Waals surface area contributed by atoms with Crippen LogP contribution < -0.4 is 0 Å². The Bertz CT molecular complexity index is 756. The molecule has 0 aromatic heterocycles. The van der Waals surface area contributed by atoms with Crippen LogP contribution in [0.25, 0.3) is 11.1 Å². The van der Waals surface area contributed by atoms with E-state index in [1.807, 2.05) is 0 Å². The van der Waals surface area contributed by atoms with Crippen molar-refractivity contribution in [2.75, 3.05) is 0 Å². The molecular weight excluding hydrogens is 280 g/mol. The zero-order valence-electron chi connectivity index (χ0n) is 13.6. The maximum atomic E-state index is 6.89. The van der Waals surface area contributed by atoms with Crippen LogP contribution in [0.5, 0.6) is 0 Å². The maximum Gasteiger partial charge on any atom is 0.138 e. The molecule has 1 nitrogen and oxygen atoms in total. The summed E-state index contributed by atoms with van der Waals surface area (Å²) in [5.41, 5.74) is 6.47. The topological polar surface area (TPSA) is 9.23 Å². The quantitative estimate of drug-likeness (QED) is 0.588. The maximum absolute atomic E-state index is 6.89. The molecule has 1 aliphatic heterocycles. The van der Waals surface area contributed by atoms with Crippen LogP contribution in [-0.4, -0.2) is 6.10 Å². The van der Waals surface area contributed by atoms with Crippen molar-refractivity contribution in [2.45, 2.75) is 44.3 Å². The largest absolute Gasteiger partial charge is 0.358 e. The van der Waals surface area contributed by atoms with E-state index in [1.165, 1.54) is 53.5 Å². The molecule has 5 rings (SSSR count). The first-order valence-electron chi connectivity index (χ1n) is 8.86. The fraction of sp³-hybridized carbons (Fsp3) is 0.364. The third-order valence-corrected chi connectivity index (χ3v) is 6.00. The van der Waals surface area contributed by atoms with Gasteiger partial charge in [0.2, 0.25) is 0 Å². The van der Waals surface area contributed by atoms with Gasteiger partial charge in [0.1, 0.15) is 5.60 Å². The molecule has 116 valence electrons. The summed E-state index contributed by atoms with van der Waals surface area (Å²) in [6.07, 6.45) is 7.91. The van der Waals surface area contributed by atoms with Crippen molar-refractivity contribution in [1.29, 1.82) is 0 Å². The molecule has 0 amide bonds. The molecule has 2 aromatic carbocycles. The summed E-state index contributed by atoms with van der Waals surface area (Å²) in [6, 6.07) is 17.5. The van der Waals surface area contributed by atoms with Gasteiger partial charge in [0.25, 0.3) is 0 Å². The van der Waals surface area contributed by atoms with Gasteiger partial charge >= 0.3 is 0 Å². The summed E-state index contributed by atoms with van der Waals surface area (Å²) in [7, 11) is 0. The molecule has 1 fully saturated rings. The van der Waals surface area contributed by atoms with Crippen LogP contribution in [-0.2, 0) is 10.3 Å². The first-order valence-corrected chi connectivity index (χ1v) is 8.86. The minimum absolute atomic E-state index is 0.365. The summed E-state index contributed by atoms with van der Waals surface area (Å²) < 4.78 is 6.89. The van der Waals surface area contributed by atoms with Crippen LogP contribution >= 0.6 is 0 Å². The van der Waals surface area contributed by atoms with E-state index in [2.05, 4.69) is 61.5 Å². The van der Waals surface area contributed by atoms with Crippen molar-refractivity contribution < 1.29 is 4.74 Å². The van der Waals surface area contributed by atoms with E-state index >= 15 is 0 Å². The number of fused-ring (bicyclic) bond motifs is 6. The number of rotatable bonds is 0. The molecule has 1 saturated carbocycles. The van der Waals surface area contributed by atoms with Crippen molar-refractivity contribution in [3.63, 3.8) is 0 Å². The van der Waals surface area contributed by atoms with Crippen molar-refractivity contribution >= 4 is 0 Å². The lowest BCUT2D eigenvalue weighted by Gasteiger charge is -2.44. The first kappa shape index (κ1) is 13.6. The van der Waals surface area contributed by atoms with E-state index in [0.717, 1.165) is 0 Å². The second-order valence-corrected chi connectivity index (χ2v) is 7.26. The Morgan fingerprint density at radius 3 is 2.17 bits per heavy atom. The average Bonchev–Trinajstić information content (AvgIpc) is 2.86. The molecule has 3 aliphatic rings. The van der Waals surface area contributed by atoms with Crippen LogP contribution in [0.3, 0.4) is 0 Å². The zero-order valence-corrected chi connectivity index (χ0v) is 13.6.